The second-order valence-corrected chi connectivity index (χ2v) is 5.75. The third-order valence-corrected chi connectivity index (χ3v) is 3.95. The number of piperazine rings is 1. The standard InChI is InChI=1S/C12H15F3IN3/c13-12(14,15)8-18-3-5-19(6-4-18)11-2-1-9(17)7-10(11)16/h1-2,7H,3-6,8,17H2. The summed E-state index contributed by atoms with van der Waals surface area (Å²) in [5, 5.41) is 0. The van der Waals surface area contributed by atoms with Crippen LogP contribution in [-0.2, 0) is 0 Å². The Bertz CT molecular complexity index is 442. The number of nitrogen functional groups attached to an aromatic ring is 1. The molecular weight excluding hydrogens is 370 g/mol. The molecule has 106 valence electrons. The van der Waals surface area contributed by atoms with E-state index in [1.807, 2.05) is 18.2 Å². The van der Waals surface area contributed by atoms with Crippen molar-refractivity contribution >= 4 is 34.0 Å². The van der Waals surface area contributed by atoms with Gasteiger partial charge in [0.25, 0.3) is 0 Å². The van der Waals surface area contributed by atoms with E-state index in [-0.39, 0.29) is 0 Å². The van der Waals surface area contributed by atoms with Crippen molar-refractivity contribution in [2.24, 2.45) is 0 Å². The van der Waals surface area contributed by atoms with Gasteiger partial charge in [-0.05, 0) is 40.8 Å². The molecule has 19 heavy (non-hydrogen) atoms. The Kier molecular flexibility index (Phi) is 4.44. The van der Waals surface area contributed by atoms with Gasteiger partial charge in [-0.25, -0.2) is 0 Å². The highest BCUT2D eigenvalue weighted by molar-refractivity contribution is 14.1. The van der Waals surface area contributed by atoms with Gasteiger partial charge in [0.15, 0.2) is 0 Å². The summed E-state index contributed by atoms with van der Waals surface area (Å²) in [5.74, 6) is 0. The number of anilines is 2. The van der Waals surface area contributed by atoms with E-state index in [1.54, 1.807) is 0 Å². The number of nitrogens with zero attached hydrogens (tertiary/aromatic N) is 2. The van der Waals surface area contributed by atoms with Gasteiger partial charge in [-0.3, -0.25) is 4.90 Å². The van der Waals surface area contributed by atoms with Crippen LogP contribution < -0.4 is 10.6 Å². The van der Waals surface area contributed by atoms with Gasteiger partial charge in [0, 0.05) is 35.4 Å². The molecule has 2 rings (SSSR count). The van der Waals surface area contributed by atoms with Gasteiger partial charge in [0.1, 0.15) is 0 Å². The van der Waals surface area contributed by atoms with Crippen LogP contribution in [-0.4, -0.2) is 43.8 Å². The van der Waals surface area contributed by atoms with E-state index in [0.717, 1.165) is 9.26 Å². The molecule has 7 heteroatoms. The Hall–Kier alpha value is -0.700. The van der Waals surface area contributed by atoms with Crippen LogP contribution in [0.3, 0.4) is 0 Å². The molecule has 0 spiro atoms. The predicted octanol–water partition coefficient (Wildman–Crippen LogP) is 2.56. The first kappa shape index (κ1) is 14.7. The maximum absolute atomic E-state index is 12.3. The summed E-state index contributed by atoms with van der Waals surface area (Å²) in [5.41, 5.74) is 7.43. The van der Waals surface area contributed by atoms with Crippen molar-refractivity contribution in [1.29, 1.82) is 0 Å². The fourth-order valence-corrected chi connectivity index (χ4v) is 3.06. The molecule has 1 heterocycles. The maximum atomic E-state index is 12.3. The second-order valence-electron chi connectivity index (χ2n) is 4.59. The van der Waals surface area contributed by atoms with Crippen LogP contribution in [0, 0.1) is 3.57 Å². The second kappa shape index (κ2) is 5.74. The molecule has 1 aliphatic rings. The van der Waals surface area contributed by atoms with Gasteiger partial charge in [0.05, 0.1) is 12.2 Å². The summed E-state index contributed by atoms with van der Waals surface area (Å²) in [6.07, 6.45) is -4.11. The normalized spacial score (nSPS) is 17.8. The lowest BCUT2D eigenvalue weighted by Gasteiger charge is -2.36. The molecule has 1 saturated heterocycles. The first-order valence-electron chi connectivity index (χ1n) is 5.94. The summed E-state index contributed by atoms with van der Waals surface area (Å²) in [6, 6.07) is 5.62. The minimum Gasteiger partial charge on any atom is -0.399 e. The van der Waals surface area contributed by atoms with E-state index in [1.165, 1.54) is 4.90 Å². The van der Waals surface area contributed by atoms with Gasteiger partial charge < -0.3 is 10.6 Å². The van der Waals surface area contributed by atoms with Crippen LogP contribution in [0.1, 0.15) is 0 Å². The quantitative estimate of drug-likeness (QED) is 0.628. The number of hydrogen-bond donors (Lipinski definition) is 1. The molecule has 0 atom stereocenters. The SMILES string of the molecule is Nc1ccc(N2CCN(CC(F)(F)F)CC2)c(I)c1. The molecule has 1 fully saturated rings. The lowest BCUT2D eigenvalue weighted by molar-refractivity contribution is -0.146. The van der Waals surface area contributed by atoms with Crippen molar-refractivity contribution in [3.05, 3.63) is 21.8 Å². The summed E-state index contributed by atoms with van der Waals surface area (Å²) in [6.45, 7) is 1.26. The average Bonchev–Trinajstić information content (AvgIpc) is 2.28. The van der Waals surface area contributed by atoms with Crippen molar-refractivity contribution < 1.29 is 13.2 Å². The van der Waals surface area contributed by atoms with E-state index >= 15 is 0 Å². The molecular formula is C12H15F3IN3. The van der Waals surface area contributed by atoms with Crippen molar-refractivity contribution in [1.82, 2.24) is 4.90 Å². The van der Waals surface area contributed by atoms with Crippen molar-refractivity contribution in [3.63, 3.8) is 0 Å². The lowest BCUT2D eigenvalue weighted by Crippen LogP contribution is -2.49. The van der Waals surface area contributed by atoms with Crippen molar-refractivity contribution in [2.45, 2.75) is 6.18 Å². The topological polar surface area (TPSA) is 32.5 Å². The summed E-state index contributed by atoms with van der Waals surface area (Å²) in [7, 11) is 0. The van der Waals surface area contributed by atoms with E-state index in [0.29, 0.717) is 31.9 Å². The molecule has 0 aromatic heterocycles. The number of halogens is 4. The van der Waals surface area contributed by atoms with E-state index < -0.39 is 12.7 Å². The molecule has 0 bridgehead atoms. The first-order chi connectivity index (χ1) is 8.85. The van der Waals surface area contributed by atoms with Crippen LogP contribution in [0.15, 0.2) is 18.2 Å². The number of nitrogens with two attached hydrogens (primary N) is 1. The number of benzene rings is 1. The Morgan fingerprint density at radius 2 is 1.79 bits per heavy atom. The Labute approximate surface area is 123 Å². The van der Waals surface area contributed by atoms with Crippen LogP contribution >= 0.6 is 22.6 Å². The fourth-order valence-electron chi connectivity index (χ4n) is 2.18. The molecule has 1 aliphatic heterocycles. The Morgan fingerprint density at radius 3 is 2.32 bits per heavy atom. The average molecular weight is 385 g/mol. The Balaban J connectivity index is 1.96. The summed E-state index contributed by atoms with van der Waals surface area (Å²) < 4.78 is 37.9. The largest absolute Gasteiger partial charge is 0.401 e. The van der Waals surface area contributed by atoms with E-state index in [4.69, 9.17) is 5.73 Å². The molecule has 1 aromatic carbocycles. The Morgan fingerprint density at radius 1 is 1.16 bits per heavy atom. The van der Waals surface area contributed by atoms with E-state index in [2.05, 4.69) is 27.5 Å². The number of rotatable bonds is 2. The molecule has 2 N–H and O–H groups in total. The zero-order chi connectivity index (χ0) is 14.0. The minimum atomic E-state index is -4.11. The highest BCUT2D eigenvalue weighted by Gasteiger charge is 2.32. The zero-order valence-electron chi connectivity index (χ0n) is 10.3. The van der Waals surface area contributed by atoms with Crippen LogP contribution in [0.2, 0.25) is 0 Å². The zero-order valence-corrected chi connectivity index (χ0v) is 12.4. The van der Waals surface area contributed by atoms with Gasteiger partial charge in [-0.2, -0.15) is 13.2 Å². The summed E-state index contributed by atoms with van der Waals surface area (Å²) in [4.78, 5) is 3.55. The van der Waals surface area contributed by atoms with Crippen LogP contribution in [0.4, 0.5) is 24.5 Å². The number of alkyl halides is 3. The van der Waals surface area contributed by atoms with Gasteiger partial charge in [0.2, 0.25) is 0 Å². The predicted molar refractivity (Wildman–Crippen MR) is 78.3 cm³/mol. The molecule has 0 saturated carbocycles. The molecule has 0 radical (unpaired) electrons. The monoisotopic (exact) mass is 385 g/mol. The van der Waals surface area contributed by atoms with Gasteiger partial charge in [-0.1, -0.05) is 0 Å². The molecule has 0 aliphatic carbocycles. The van der Waals surface area contributed by atoms with Crippen molar-refractivity contribution in [2.75, 3.05) is 43.4 Å². The highest BCUT2D eigenvalue weighted by Crippen LogP contribution is 2.26. The smallest absolute Gasteiger partial charge is 0.399 e. The maximum Gasteiger partial charge on any atom is 0.401 e. The molecule has 3 nitrogen and oxygen atoms in total. The minimum absolute atomic E-state index is 0.431. The summed E-state index contributed by atoms with van der Waals surface area (Å²) >= 11 is 2.20. The third kappa shape index (κ3) is 4.13. The van der Waals surface area contributed by atoms with E-state index in [9.17, 15) is 13.2 Å². The third-order valence-electron chi connectivity index (χ3n) is 3.09. The molecule has 0 unspecified atom stereocenters. The van der Waals surface area contributed by atoms with Gasteiger partial charge >= 0.3 is 6.18 Å². The fraction of sp³-hybridized carbons (Fsp3) is 0.500. The lowest BCUT2D eigenvalue weighted by atomic mass is 10.2. The molecule has 0 amide bonds. The van der Waals surface area contributed by atoms with Crippen molar-refractivity contribution in [3.8, 4) is 0 Å². The van der Waals surface area contributed by atoms with Crippen LogP contribution in [0.25, 0.3) is 0 Å². The van der Waals surface area contributed by atoms with Crippen LogP contribution in [0.5, 0.6) is 0 Å². The highest BCUT2D eigenvalue weighted by atomic mass is 127. The van der Waals surface area contributed by atoms with Gasteiger partial charge in [-0.15, -0.1) is 0 Å². The first-order valence-corrected chi connectivity index (χ1v) is 7.02. The number of hydrogen-bond acceptors (Lipinski definition) is 3. The molecule has 1 aromatic rings.